The highest BCUT2D eigenvalue weighted by Crippen LogP contribution is 2.32. The molecule has 2 aromatic rings. The quantitative estimate of drug-likeness (QED) is 0.292. The number of aryl methyl sites for hydroxylation is 1. The maximum Gasteiger partial charge on any atom is 0.305 e. The summed E-state index contributed by atoms with van der Waals surface area (Å²) in [7, 11) is 0. The van der Waals surface area contributed by atoms with Gasteiger partial charge in [0.1, 0.15) is 24.5 Å². The molecule has 3 rings (SSSR count). The van der Waals surface area contributed by atoms with Gasteiger partial charge in [-0.3, -0.25) is 4.79 Å². The van der Waals surface area contributed by atoms with Gasteiger partial charge in [0.05, 0.1) is 12.2 Å². The van der Waals surface area contributed by atoms with Crippen LogP contribution in [-0.4, -0.2) is 42.5 Å². The molecule has 0 saturated carbocycles. The first-order valence-electron chi connectivity index (χ1n) is 13.1. The summed E-state index contributed by atoms with van der Waals surface area (Å²) >= 11 is 0. The van der Waals surface area contributed by atoms with E-state index < -0.39 is 6.10 Å². The first-order chi connectivity index (χ1) is 17.3. The smallest absolute Gasteiger partial charge is 0.305 e. The number of aliphatic hydroxyl groups is 1. The SMILES string of the molecule is CCOC(=O)CCCCc1ccc(C#N)c(OC[C@H](O)CNC(C)(C)CC2Cc3ccccc3C2)c1. The van der Waals surface area contributed by atoms with E-state index in [2.05, 4.69) is 49.5 Å². The number of carbonyl (C=O) groups is 1. The fraction of sp³-hybridized carbons (Fsp3) is 0.533. The second-order valence-corrected chi connectivity index (χ2v) is 10.4. The van der Waals surface area contributed by atoms with Crippen molar-refractivity contribution in [2.45, 2.75) is 77.4 Å². The van der Waals surface area contributed by atoms with Gasteiger partial charge < -0.3 is 19.9 Å². The lowest BCUT2D eigenvalue weighted by Gasteiger charge is -2.30. The number of aliphatic hydroxyl groups excluding tert-OH is 1. The number of nitrogens with zero attached hydrogens (tertiary/aromatic N) is 1. The minimum atomic E-state index is -0.690. The summed E-state index contributed by atoms with van der Waals surface area (Å²) in [5.41, 5.74) is 4.31. The van der Waals surface area contributed by atoms with E-state index >= 15 is 0 Å². The Kier molecular flexibility index (Phi) is 10.3. The topological polar surface area (TPSA) is 91.6 Å². The summed E-state index contributed by atoms with van der Waals surface area (Å²) in [6.45, 7) is 7.11. The first-order valence-corrected chi connectivity index (χ1v) is 13.1. The summed E-state index contributed by atoms with van der Waals surface area (Å²) in [5.74, 6) is 0.930. The third-order valence-electron chi connectivity index (χ3n) is 6.75. The largest absolute Gasteiger partial charge is 0.489 e. The molecule has 6 heteroatoms. The van der Waals surface area contributed by atoms with Gasteiger partial charge in [0, 0.05) is 18.5 Å². The molecule has 0 aliphatic heterocycles. The van der Waals surface area contributed by atoms with Crippen LogP contribution in [0.5, 0.6) is 5.75 Å². The number of nitriles is 1. The van der Waals surface area contributed by atoms with E-state index in [1.54, 1.807) is 13.0 Å². The van der Waals surface area contributed by atoms with E-state index in [1.165, 1.54) is 11.1 Å². The summed E-state index contributed by atoms with van der Waals surface area (Å²) in [4.78, 5) is 11.5. The van der Waals surface area contributed by atoms with Crippen LogP contribution in [0, 0.1) is 17.2 Å². The highest BCUT2D eigenvalue weighted by atomic mass is 16.5. The molecule has 1 aliphatic carbocycles. The van der Waals surface area contributed by atoms with Gasteiger partial charge in [-0.05, 0) is 94.0 Å². The average molecular weight is 493 g/mol. The molecule has 0 unspecified atom stereocenters. The predicted octanol–water partition coefficient (Wildman–Crippen LogP) is 4.75. The maximum absolute atomic E-state index is 11.5. The number of nitrogens with one attached hydrogen (secondary N) is 1. The number of fused-ring (bicyclic) bond motifs is 1. The number of hydrogen-bond donors (Lipinski definition) is 2. The number of β-amino-alcohol motifs (C(OH)–C–C–N with tert-alkyl or cyclic N) is 1. The Morgan fingerprint density at radius 3 is 2.58 bits per heavy atom. The molecule has 1 aliphatic rings. The Morgan fingerprint density at radius 2 is 1.92 bits per heavy atom. The fourth-order valence-electron chi connectivity index (χ4n) is 4.99. The van der Waals surface area contributed by atoms with E-state index in [-0.39, 0.29) is 18.1 Å². The van der Waals surface area contributed by atoms with Gasteiger partial charge in [-0.1, -0.05) is 30.3 Å². The molecule has 36 heavy (non-hydrogen) atoms. The van der Waals surface area contributed by atoms with Gasteiger partial charge in [0.25, 0.3) is 0 Å². The standard InChI is InChI=1S/C30H40N2O4/c1-4-35-29(34)12-8-5-9-22-13-14-26(19-31)28(17-22)36-21-27(33)20-32-30(2,3)18-23-15-24-10-6-7-11-25(24)16-23/h6-7,10-11,13-14,17,23,27,32-33H,4-5,8-9,12,15-16,18,20-21H2,1-3H3/t27-/m1/s1. The van der Waals surface area contributed by atoms with E-state index in [0.29, 0.717) is 36.8 Å². The Morgan fingerprint density at radius 1 is 1.19 bits per heavy atom. The summed E-state index contributed by atoms with van der Waals surface area (Å²) in [6, 6.07) is 16.4. The molecule has 0 spiro atoms. The van der Waals surface area contributed by atoms with Crippen molar-refractivity contribution in [3.63, 3.8) is 0 Å². The fourth-order valence-corrected chi connectivity index (χ4v) is 4.99. The molecule has 0 saturated heterocycles. The molecule has 0 heterocycles. The predicted molar refractivity (Wildman–Crippen MR) is 141 cm³/mol. The lowest BCUT2D eigenvalue weighted by molar-refractivity contribution is -0.143. The van der Waals surface area contributed by atoms with Crippen molar-refractivity contribution in [2.24, 2.45) is 5.92 Å². The average Bonchev–Trinajstić information content (AvgIpc) is 3.26. The van der Waals surface area contributed by atoms with Gasteiger partial charge in [-0.25, -0.2) is 0 Å². The first kappa shape index (κ1) is 27.7. The number of ether oxygens (including phenoxy) is 2. The number of benzene rings is 2. The second kappa shape index (κ2) is 13.4. The molecular weight excluding hydrogens is 452 g/mol. The van der Waals surface area contributed by atoms with Crippen LogP contribution in [0.25, 0.3) is 0 Å². The van der Waals surface area contributed by atoms with E-state index in [0.717, 1.165) is 44.1 Å². The lowest BCUT2D eigenvalue weighted by Crippen LogP contribution is -2.46. The summed E-state index contributed by atoms with van der Waals surface area (Å²) in [6.07, 6.45) is 5.37. The Balaban J connectivity index is 1.42. The van der Waals surface area contributed by atoms with Crippen LogP contribution in [0.4, 0.5) is 0 Å². The number of hydrogen-bond acceptors (Lipinski definition) is 6. The summed E-state index contributed by atoms with van der Waals surface area (Å²) < 4.78 is 10.8. The number of esters is 1. The maximum atomic E-state index is 11.5. The zero-order valence-corrected chi connectivity index (χ0v) is 21.9. The van der Waals surface area contributed by atoms with Gasteiger partial charge in [0.2, 0.25) is 0 Å². The zero-order chi connectivity index (χ0) is 26.0. The van der Waals surface area contributed by atoms with Crippen molar-refractivity contribution in [2.75, 3.05) is 19.8 Å². The monoisotopic (exact) mass is 492 g/mol. The second-order valence-electron chi connectivity index (χ2n) is 10.4. The summed E-state index contributed by atoms with van der Waals surface area (Å²) in [5, 5.41) is 23.5. The van der Waals surface area contributed by atoms with E-state index in [4.69, 9.17) is 9.47 Å². The van der Waals surface area contributed by atoms with Crippen molar-refractivity contribution < 1.29 is 19.4 Å². The van der Waals surface area contributed by atoms with Gasteiger partial charge >= 0.3 is 5.97 Å². The van der Waals surface area contributed by atoms with Crippen molar-refractivity contribution in [3.05, 3.63) is 64.7 Å². The third kappa shape index (κ3) is 8.65. The van der Waals surface area contributed by atoms with Crippen LogP contribution in [0.1, 0.15) is 68.7 Å². The van der Waals surface area contributed by atoms with Crippen molar-refractivity contribution in [1.29, 1.82) is 5.26 Å². The molecule has 194 valence electrons. The Hall–Kier alpha value is -2.88. The van der Waals surface area contributed by atoms with Crippen LogP contribution in [0.3, 0.4) is 0 Å². The Bertz CT molecular complexity index is 1020. The highest BCUT2D eigenvalue weighted by Gasteiger charge is 2.28. The van der Waals surface area contributed by atoms with Gasteiger partial charge in [-0.2, -0.15) is 5.26 Å². The van der Waals surface area contributed by atoms with Gasteiger partial charge in [-0.15, -0.1) is 0 Å². The van der Waals surface area contributed by atoms with E-state index in [9.17, 15) is 15.2 Å². The van der Waals surface area contributed by atoms with Crippen molar-refractivity contribution in [3.8, 4) is 11.8 Å². The highest BCUT2D eigenvalue weighted by molar-refractivity contribution is 5.69. The lowest BCUT2D eigenvalue weighted by atomic mass is 9.88. The molecule has 0 bridgehead atoms. The number of rotatable bonds is 14. The molecule has 0 radical (unpaired) electrons. The van der Waals surface area contributed by atoms with Crippen molar-refractivity contribution >= 4 is 5.97 Å². The van der Waals surface area contributed by atoms with Crippen LogP contribution in [-0.2, 0) is 28.8 Å². The van der Waals surface area contributed by atoms with Crippen LogP contribution in [0.2, 0.25) is 0 Å². The minimum absolute atomic E-state index is 0.102. The van der Waals surface area contributed by atoms with Gasteiger partial charge in [0.15, 0.2) is 0 Å². The molecule has 0 aromatic heterocycles. The molecule has 1 atom stereocenters. The van der Waals surface area contributed by atoms with Crippen molar-refractivity contribution in [1.82, 2.24) is 5.32 Å². The third-order valence-corrected chi connectivity index (χ3v) is 6.75. The normalized spacial score (nSPS) is 14.2. The van der Waals surface area contributed by atoms with E-state index in [1.807, 2.05) is 12.1 Å². The molecule has 2 aromatic carbocycles. The molecule has 6 nitrogen and oxygen atoms in total. The van der Waals surface area contributed by atoms with Crippen LogP contribution >= 0.6 is 0 Å². The molecular formula is C30H40N2O4. The Labute approximate surface area is 215 Å². The van der Waals surface area contributed by atoms with Crippen LogP contribution < -0.4 is 10.1 Å². The molecule has 2 N–H and O–H groups in total. The number of carbonyl (C=O) groups excluding carboxylic acids is 1. The molecule has 0 amide bonds. The zero-order valence-electron chi connectivity index (χ0n) is 21.9. The minimum Gasteiger partial charge on any atom is -0.489 e. The number of unbranched alkanes of at least 4 members (excludes halogenated alkanes) is 1. The van der Waals surface area contributed by atoms with Crippen LogP contribution in [0.15, 0.2) is 42.5 Å². The molecule has 0 fully saturated rings.